The van der Waals surface area contributed by atoms with Crippen molar-refractivity contribution in [3.8, 4) is 0 Å². The lowest BCUT2D eigenvalue weighted by Crippen LogP contribution is -2.37. The second-order valence-electron chi connectivity index (χ2n) is 6.99. The van der Waals surface area contributed by atoms with Gasteiger partial charge >= 0.3 is 0 Å². The van der Waals surface area contributed by atoms with Gasteiger partial charge in [-0.2, -0.15) is 5.10 Å². The number of likely N-dealkylation sites (N-methyl/N-ethyl adjacent to an activating group) is 1. The molecular weight excluding hydrogens is 334 g/mol. The van der Waals surface area contributed by atoms with Crippen LogP contribution < -0.4 is 5.32 Å². The number of fused-ring (bicyclic) bond motifs is 1. The molecular formula is C17H23N7O2. The van der Waals surface area contributed by atoms with Crippen molar-refractivity contribution in [2.75, 3.05) is 13.6 Å². The van der Waals surface area contributed by atoms with Gasteiger partial charge in [-0.15, -0.1) is 10.2 Å². The molecule has 0 saturated heterocycles. The van der Waals surface area contributed by atoms with Crippen LogP contribution in [0.4, 0.5) is 0 Å². The second kappa shape index (κ2) is 6.89. The molecule has 1 saturated carbocycles. The van der Waals surface area contributed by atoms with Crippen LogP contribution in [0.3, 0.4) is 0 Å². The Labute approximate surface area is 151 Å². The van der Waals surface area contributed by atoms with Crippen LogP contribution in [0.25, 0.3) is 0 Å². The highest BCUT2D eigenvalue weighted by molar-refractivity contribution is 5.98. The highest BCUT2D eigenvalue weighted by Crippen LogP contribution is 2.28. The van der Waals surface area contributed by atoms with Crippen LogP contribution in [-0.4, -0.2) is 54.9 Å². The standard InChI is InChI=1S/C17H23N7O2/c1-22-7-8-24-14(17(22)26)9-13(21-24)16(25)18-10-15-20-19-11-23(15)12-5-3-2-4-6-12/h9,11-12H,2-8,10H2,1H3,(H,18,25). The normalized spacial score (nSPS) is 18.0. The summed E-state index contributed by atoms with van der Waals surface area (Å²) in [7, 11) is 1.75. The van der Waals surface area contributed by atoms with Gasteiger partial charge in [0.2, 0.25) is 0 Å². The number of amides is 2. The molecule has 138 valence electrons. The van der Waals surface area contributed by atoms with Crippen LogP contribution in [0.15, 0.2) is 12.4 Å². The zero-order valence-corrected chi connectivity index (χ0v) is 14.9. The molecule has 2 amide bonds. The number of rotatable bonds is 4. The third-order valence-corrected chi connectivity index (χ3v) is 5.25. The molecule has 0 unspecified atom stereocenters. The Morgan fingerprint density at radius 3 is 2.88 bits per heavy atom. The number of carbonyl (C=O) groups excluding carboxylic acids is 2. The molecule has 2 aromatic rings. The smallest absolute Gasteiger partial charge is 0.272 e. The molecule has 0 aromatic carbocycles. The predicted octanol–water partition coefficient (Wildman–Crippen LogP) is 0.995. The molecule has 0 radical (unpaired) electrons. The highest BCUT2D eigenvalue weighted by Gasteiger charge is 2.26. The van der Waals surface area contributed by atoms with Gasteiger partial charge in [0.25, 0.3) is 11.8 Å². The van der Waals surface area contributed by atoms with Crippen LogP contribution in [0.5, 0.6) is 0 Å². The minimum Gasteiger partial charge on any atom is -0.343 e. The van der Waals surface area contributed by atoms with Gasteiger partial charge in [-0.25, -0.2) is 0 Å². The van der Waals surface area contributed by atoms with Crippen LogP contribution in [0.2, 0.25) is 0 Å². The second-order valence-corrected chi connectivity index (χ2v) is 6.99. The summed E-state index contributed by atoms with van der Waals surface area (Å²) in [5.74, 6) is 0.338. The lowest BCUT2D eigenvalue weighted by atomic mass is 9.95. The molecule has 4 rings (SSSR count). The molecule has 3 heterocycles. The van der Waals surface area contributed by atoms with E-state index in [9.17, 15) is 9.59 Å². The highest BCUT2D eigenvalue weighted by atomic mass is 16.2. The first-order chi connectivity index (χ1) is 12.6. The Morgan fingerprint density at radius 2 is 2.08 bits per heavy atom. The van der Waals surface area contributed by atoms with E-state index in [1.165, 1.54) is 19.3 Å². The van der Waals surface area contributed by atoms with Crippen LogP contribution >= 0.6 is 0 Å². The zero-order valence-electron chi connectivity index (χ0n) is 14.9. The summed E-state index contributed by atoms with van der Waals surface area (Å²) >= 11 is 0. The van der Waals surface area contributed by atoms with E-state index < -0.39 is 0 Å². The van der Waals surface area contributed by atoms with Gasteiger partial charge < -0.3 is 14.8 Å². The topological polar surface area (TPSA) is 97.9 Å². The number of carbonyl (C=O) groups is 2. The van der Waals surface area contributed by atoms with Crippen LogP contribution in [0, 0.1) is 0 Å². The van der Waals surface area contributed by atoms with Crippen molar-refractivity contribution in [1.29, 1.82) is 0 Å². The van der Waals surface area contributed by atoms with Gasteiger partial charge in [-0.1, -0.05) is 19.3 Å². The number of aromatic nitrogens is 5. The van der Waals surface area contributed by atoms with Gasteiger partial charge in [-0.3, -0.25) is 14.3 Å². The van der Waals surface area contributed by atoms with Gasteiger partial charge in [0.1, 0.15) is 12.0 Å². The van der Waals surface area contributed by atoms with Crippen LogP contribution in [-0.2, 0) is 13.1 Å². The van der Waals surface area contributed by atoms with Gasteiger partial charge in [0, 0.05) is 25.7 Å². The van der Waals surface area contributed by atoms with E-state index in [2.05, 4.69) is 25.2 Å². The summed E-state index contributed by atoms with van der Waals surface area (Å²) < 4.78 is 3.68. The quantitative estimate of drug-likeness (QED) is 0.880. The Morgan fingerprint density at radius 1 is 1.27 bits per heavy atom. The first kappa shape index (κ1) is 16.7. The Bertz CT molecular complexity index is 819. The SMILES string of the molecule is CN1CCn2nc(C(=O)NCc3nncn3C3CCCCC3)cc2C1=O. The molecule has 2 aliphatic rings. The van der Waals surface area contributed by atoms with E-state index in [0.717, 1.165) is 18.7 Å². The summed E-state index contributed by atoms with van der Waals surface area (Å²) in [6.45, 7) is 1.49. The fourth-order valence-corrected chi connectivity index (χ4v) is 3.72. The van der Waals surface area contributed by atoms with Gasteiger partial charge in [0.15, 0.2) is 11.5 Å². The molecule has 1 fully saturated rings. The molecule has 9 heteroatoms. The third kappa shape index (κ3) is 3.09. The van der Waals surface area contributed by atoms with E-state index in [1.807, 2.05) is 0 Å². The largest absolute Gasteiger partial charge is 0.343 e. The molecule has 1 aliphatic carbocycles. The average Bonchev–Trinajstić information content (AvgIpc) is 3.31. The zero-order chi connectivity index (χ0) is 18.1. The van der Waals surface area contributed by atoms with E-state index in [4.69, 9.17) is 0 Å². The number of hydrogen-bond donors (Lipinski definition) is 1. The molecule has 0 atom stereocenters. The van der Waals surface area contributed by atoms with Crippen molar-refractivity contribution in [3.05, 3.63) is 29.6 Å². The molecule has 1 N–H and O–H groups in total. The summed E-state index contributed by atoms with van der Waals surface area (Å²) in [5.41, 5.74) is 0.710. The Balaban J connectivity index is 1.43. The monoisotopic (exact) mass is 357 g/mol. The first-order valence-corrected chi connectivity index (χ1v) is 9.13. The molecule has 26 heavy (non-hydrogen) atoms. The minimum atomic E-state index is -0.305. The van der Waals surface area contributed by atoms with Gasteiger partial charge in [-0.05, 0) is 12.8 Å². The van der Waals surface area contributed by atoms with Crippen LogP contribution in [0.1, 0.15) is 64.9 Å². The molecule has 9 nitrogen and oxygen atoms in total. The first-order valence-electron chi connectivity index (χ1n) is 9.13. The van der Waals surface area contributed by atoms with Crippen molar-refractivity contribution in [2.45, 2.75) is 51.2 Å². The summed E-state index contributed by atoms with van der Waals surface area (Å²) in [5, 5.41) is 15.3. The van der Waals surface area contributed by atoms with Crippen molar-refractivity contribution < 1.29 is 9.59 Å². The van der Waals surface area contributed by atoms with E-state index in [0.29, 0.717) is 31.4 Å². The Hall–Kier alpha value is -2.71. The summed E-state index contributed by atoms with van der Waals surface area (Å²) in [4.78, 5) is 26.2. The van der Waals surface area contributed by atoms with E-state index in [1.54, 1.807) is 29.0 Å². The van der Waals surface area contributed by atoms with Crippen molar-refractivity contribution >= 4 is 11.8 Å². The van der Waals surface area contributed by atoms with E-state index >= 15 is 0 Å². The molecule has 2 aromatic heterocycles. The fourth-order valence-electron chi connectivity index (χ4n) is 3.72. The molecule has 1 aliphatic heterocycles. The maximum Gasteiger partial charge on any atom is 0.272 e. The minimum absolute atomic E-state index is 0.111. The number of hydrogen-bond acceptors (Lipinski definition) is 5. The average molecular weight is 357 g/mol. The number of nitrogens with one attached hydrogen (secondary N) is 1. The van der Waals surface area contributed by atoms with Crippen molar-refractivity contribution in [1.82, 2.24) is 34.8 Å². The van der Waals surface area contributed by atoms with Crippen molar-refractivity contribution in [2.24, 2.45) is 0 Å². The van der Waals surface area contributed by atoms with Crippen molar-refractivity contribution in [3.63, 3.8) is 0 Å². The van der Waals surface area contributed by atoms with Gasteiger partial charge in [0.05, 0.1) is 13.1 Å². The Kier molecular flexibility index (Phi) is 4.44. The fraction of sp³-hybridized carbons (Fsp3) is 0.588. The lowest BCUT2D eigenvalue weighted by molar-refractivity contribution is 0.0742. The summed E-state index contributed by atoms with van der Waals surface area (Å²) in [6.07, 6.45) is 7.73. The number of nitrogens with zero attached hydrogens (tertiary/aromatic N) is 6. The maximum absolute atomic E-state index is 12.5. The third-order valence-electron chi connectivity index (χ3n) is 5.25. The summed E-state index contributed by atoms with van der Waals surface area (Å²) in [6, 6.07) is 1.97. The predicted molar refractivity (Wildman–Crippen MR) is 92.5 cm³/mol. The maximum atomic E-state index is 12.5. The van der Waals surface area contributed by atoms with E-state index in [-0.39, 0.29) is 17.5 Å². The molecule has 0 spiro atoms. The molecule has 0 bridgehead atoms. The lowest BCUT2D eigenvalue weighted by Gasteiger charge is -2.23.